The quantitative estimate of drug-likeness (QED) is 0.618. The lowest BCUT2D eigenvalue weighted by Crippen LogP contribution is -2.39. The molecular formula is C23H29BrN2O4. The van der Waals surface area contributed by atoms with Gasteiger partial charge in [0.25, 0.3) is 0 Å². The normalized spacial score (nSPS) is 26.7. The van der Waals surface area contributed by atoms with E-state index in [2.05, 4.69) is 41.6 Å². The SMILES string of the molecule is CC1(C)C[C@H]2C[C@](C)(CN2[C@@H](C(=O)O)c2cn(CCC(=O)O)c3cc(Br)ccc23)C1. The number of aryl methyl sites for hydroxylation is 1. The lowest BCUT2D eigenvalue weighted by molar-refractivity contribution is -0.144. The predicted octanol–water partition coefficient (Wildman–Crippen LogP) is 4.90. The smallest absolute Gasteiger partial charge is 0.325 e. The van der Waals surface area contributed by atoms with Crippen LogP contribution in [0.4, 0.5) is 0 Å². The van der Waals surface area contributed by atoms with E-state index in [1.807, 2.05) is 29.0 Å². The van der Waals surface area contributed by atoms with E-state index in [1.165, 1.54) is 0 Å². The van der Waals surface area contributed by atoms with Crippen molar-refractivity contribution in [3.05, 3.63) is 34.4 Å². The van der Waals surface area contributed by atoms with Crippen LogP contribution in [0, 0.1) is 10.8 Å². The van der Waals surface area contributed by atoms with E-state index >= 15 is 0 Å². The number of hydrogen-bond acceptors (Lipinski definition) is 3. The van der Waals surface area contributed by atoms with Gasteiger partial charge in [-0.25, -0.2) is 0 Å². The summed E-state index contributed by atoms with van der Waals surface area (Å²) in [5.41, 5.74) is 1.95. The lowest BCUT2D eigenvalue weighted by Gasteiger charge is -2.40. The number of fused-ring (bicyclic) bond motifs is 3. The topological polar surface area (TPSA) is 82.8 Å². The van der Waals surface area contributed by atoms with Crippen LogP contribution in [-0.2, 0) is 16.1 Å². The third-order valence-corrected chi connectivity index (χ3v) is 7.25. The van der Waals surface area contributed by atoms with Gasteiger partial charge < -0.3 is 14.8 Å². The van der Waals surface area contributed by atoms with Crippen LogP contribution in [0.25, 0.3) is 10.9 Å². The van der Waals surface area contributed by atoms with Crippen LogP contribution in [0.2, 0.25) is 0 Å². The van der Waals surface area contributed by atoms with Crippen LogP contribution in [0.3, 0.4) is 0 Å². The number of nitrogens with zero attached hydrogens (tertiary/aromatic N) is 2. The molecule has 30 heavy (non-hydrogen) atoms. The highest BCUT2D eigenvalue weighted by Crippen LogP contribution is 2.54. The zero-order valence-corrected chi connectivity index (χ0v) is 19.3. The molecule has 0 amide bonds. The maximum absolute atomic E-state index is 12.6. The molecule has 1 saturated carbocycles. The number of aliphatic carboxylic acids is 2. The summed E-state index contributed by atoms with van der Waals surface area (Å²) in [6.07, 6.45) is 4.98. The van der Waals surface area contributed by atoms with E-state index in [0.717, 1.165) is 46.7 Å². The van der Waals surface area contributed by atoms with E-state index in [1.54, 1.807) is 0 Å². The van der Waals surface area contributed by atoms with Gasteiger partial charge in [0.2, 0.25) is 0 Å². The van der Waals surface area contributed by atoms with Crippen molar-refractivity contribution in [1.29, 1.82) is 0 Å². The van der Waals surface area contributed by atoms with E-state index in [4.69, 9.17) is 5.11 Å². The summed E-state index contributed by atoms with van der Waals surface area (Å²) in [6.45, 7) is 7.93. The minimum absolute atomic E-state index is 0.00787. The van der Waals surface area contributed by atoms with E-state index in [9.17, 15) is 14.7 Å². The van der Waals surface area contributed by atoms with Gasteiger partial charge in [-0.3, -0.25) is 14.5 Å². The van der Waals surface area contributed by atoms with Crippen molar-refractivity contribution in [3.8, 4) is 0 Å². The van der Waals surface area contributed by atoms with E-state index in [-0.39, 0.29) is 23.3 Å². The highest BCUT2D eigenvalue weighted by molar-refractivity contribution is 9.10. The zero-order valence-electron chi connectivity index (χ0n) is 17.7. The molecule has 2 aliphatic rings. The number of carboxylic acids is 2. The number of carboxylic acid groups (broad SMARTS) is 2. The number of rotatable bonds is 6. The minimum Gasteiger partial charge on any atom is -0.481 e. The van der Waals surface area contributed by atoms with Gasteiger partial charge in [0.1, 0.15) is 6.04 Å². The molecule has 0 radical (unpaired) electrons. The van der Waals surface area contributed by atoms with Crippen molar-refractivity contribution in [2.75, 3.05) is 6.54 Å². The second-order valence-electron chi connectivity index (χ2n) is 10.2. The Morgan fingerprint density at radius 1 is 1.23 bits per heavy atom. The fourth-order valence-electron chi connectivity index (χ4n) is 6.17. The molecule has 0 spiro atoms. The number of benzene rings is 1. The molecule has 1 aliphatic carbocycles. The van der Waals surface area contributed by atoms with Crippen LogP contribution in [0.1, 0.15) is 58.1 Å². The van der Waals surface area contributed by atoms with Gasteiger partial charge in [-0.2, -0.15) is 0 Å². The molecule has 162 valence electrons. The first-order chi connectivity index (χ1) is 14.0. The number of halogens is 1. The van der Waals surface area contributed by atoms with Crippen LogP contribution in [0.5, 0.6) is 0 Å². The molecular weight excluding hydrogens is 448 g/mol. The standard InChI is InChI=1S/C23H29BrN2O4/c1-22(2)9-15-10-23(3,12-22)13-26(15)20(21(29)30)17-11-25(7-6-19(27)28)18-8-14(24)4-5-16(17)18/h4-5,8,11,15,20H,6-7,9-10,12-13H2,1-3H3,(H,27,28)(H,29,30)/t15-,20+,23-/m0/s1. The summed E-state index contributed by atoms with van der Waals surface area (Å²) in [5.74, 6) is -1.71. The average molecular weight is 477 g/mol. The molecule has 2 aromatic rings. The summed E-state index contributed by atoms with van der Waals surface area (Å²) >= 11 is 3.49. The van der Waals surface area contributed by atoms with Gasteiger partial charge >= 0.3 is 11.9 Å². The van der Waals surface area contributed by atoms with Gasteiger partial charge in [-0.1, -0.05) is 42.8 Å². The van der Waals surface area contributed by atoms with Crippen molar-refractivity contribution in [3.63, 3.8) is 0 Å². The summed E-state index contributed by atoms with van der Waals surface area (Å²) in [6, 6.07) is 5.30. The van der Waals surface area contributed by atoms with Crippen LogP contribution in [-0.4, -0.2) is 44.2 Å². The Bertz CT molecular complexity index is 1010. The number of hydrogen-bond donors (Lipinski definition) is 2. The second kappa shape index (κ2) is 7.38. The van der Waals surface area contributed by atoms with E-state index < -0.39 is 18.0 Å². The Morgan fingerprint density at radius 3 is 2.63 bits per heavy atom. The van der Waals surface area contributed by atoms with Gasteiger partial charge in [-0.15, -0.1) is 0 Å². The first-order valence-electron chi connectivity index (χ1n) is 10.5. The largest absolute Gasteiger partial charge is 0.481 e. The second-order valence-corrected chi connectivity index (χ2v) is 11.1. The minimum atomic E-state index is -0.869. The number of likely N-dealkylation sites (tertiary alicyclic amines) is 1. The third kappa shape index (κ3) is 3.89. The molecule has 1 aliphatic heterocycles. The molecule has 1 saturated heterocycles. The molecule has 2 heterocycles. The molecule has 1 aromatic carbocycles. The predicted molar refractivity (Wildman–Crippen MR) is 119 cm³/mol. The molecule has 2 fully saturated rings. The van der Waals surface area contributed by atoms with Crippen molar-refractivity contribution in [1.82, 2.24) is 9.47 Å². The average Bonchev–Trinajstić information content (AvgIpc) is 3.06. The highest BCUT2D eigenvalue weighted by atomic mass is 79.9. The van der Waals surface area contributed by atoms with Crippen molar-refractivity contribution < 1.29 is 19.8 Å². The molecule has 4 rings (SSSR count). The van der Waals surface area contributed by atoms with Crippen LogP contribution >= 0.6 is 15.9 Å². The van der Waals surface area contributed by atoms with E-state index in [0.29, 0.717) is 6.54 Å². The van der Waals surface area contributed by atoms with Gasteiger partial charge in [-0.05, 0) is 42.2 Å². The summed E-state index contributed by atoms with van der Waals surface area (Å²) in [4.78, 5) is 25.9. The highest BCUT2D eigenvalue weighted by Gasteiger charge is 2.52. The lowest BCUT2D eigenvalue weighted by atomic mass is 9.65. The molecule has 0 unspecified atom stereocenters. The molecule has 2 N–H and O–H groups in total. The molecule has 3 atom stereocenters. The van der Waals surface area contributed by atoms with Gasteiger partial charge in [0.05, 0.1) is 6.42 Å². The Labute approximate surface area is 185 Å². The fraction of sp³-hybridized carbons (Fsp3) is 0.565. The molecule has 7 heteroatoms. The number of carbonyl (C=O) groups is 2. The Balaban J connectivity index is 1.79. The van der Waals surface area contributed by atoms with Gasteiger partial charge in [0.15, 0.2) is 0 Å². The summed E-state index contributed by atoms with van der Waals surface area (Å²) in [7, 11) is 0. The van der Waals surface area contributed by atoms with Crippen LogP contribution < -0.4 is 0 Å². The Hall–Kier alpha value is -1.86. The monoisotopic (exact) mass is 476 g/mol. The fourth-order valence-corrected chi connectivity index (χ4v) is 6.52. The Morgan fingerprint density at radius 2 is 1.97 bits per heavy atom. The van der Waals surface area contributed by atoms with Crippen molar-refractivity contribution in [2.45, 2.75) is 65.1 Å². The maximum Gasteiger partial charge on any atom is 0.325 e. The first kappa shape index (κ1) is 21.4. The summed E-state index contributed by atoms with van der Waals surface area (Å²) < 4.78 is 2.77. The molecule has 1 aromatic heterocycles. The molecule has 6 nitrogen and oxygen atoms in total. The number of aromatic nitrogens is 1. The first-order valence-corrected chi connectivity index (χ1v) is 11.3. The molecule has 2 bridgehead atoms. The van der Waals surface area contributed by atoms with Gasteiger partial charge in [0, 0.05) is 46.3 Å². The Kier molecular flexibility index (Phi) is 5.26. The zero-order chi connectivity index (χ0) is 21.8. The third-order valence-electron chi connectivity index (χ3n) is 6.76. The summed E-state index contributed by atoms with van der Waals surface area (Å²) in [5, 5.41) is 20.3. The van der Waals surface area contributed by atoms with Crippen molar-refractivity contribution >= 4 is 38.8 Å². The maximum atomic E-state index is 12.6. The van der Waals surface area contributed by atoms with Crippen LogP contribution in [0.15, 0.2) is 28.9 Å². The van der Waals surface area contributed by atoms with Crippen molar-refractivity contribution in [2.24, 2.45) is 10.8 Å².